The molecule has 1 unspecified atom stereocenters. The van der Waals surface area contributed by atoms with Gasteiger partial charge in [-0.05, 0) is 6.07 Å². The van der Waals surface area contributed by atoms with Crippen LogP contribution in [0.2, 0.25) is 0 Å². The summed E-state index contributed by atoms with van der Waals surface area (Å²) in [7, 11) is 1.55. The molecule has 1 aromatic carbocycles. The van der Waals surface area contributed by atoms with Crippen LogP contribution < -0.4 is 5.32 Å². The topological polar surface area (TPSA) is 58.6 Å². The van der Waals surface area contributed by atoms with Gasteiger partial charge in [0.25, 0.3) is 0 Å². The van der Waals surface area contributed by atoms with Crippen LogP contribution in [0.15, 0.2) is 24.3 Å². The fourth-order valence-corrected chi connectivity index (χ4v) is 1.60. The van der Waals surface area contributed by atoms with Crippen LogP contribution in [-0.2, 0) is 16.0 Å². The highest BCUT2D eigenvalue weighted by atomic mass is 35.5. The molecule has 0 fully saturated rings. The number of hydrogen-bond donors (Lipinski definition) is 2. The quantitative estimate of drug-likeness (QED) is 0.756. The molecule has 0 radical (unpaired) electrons. The molecule has 2 N–H and O–H groups in total. The number of methoxy groups -OCH3 is 1. The highest BCUT2D eigenvalue weighted by Gasteiger charge is 2.12. The largest absolute Gasteiger partial charge is 0.508 e. The van der Waals surface area contributed by atoms with E-state index >= 15 is 0 Å². The Hall–Kier alpha value is -1.26. The van der Waals surface area contributed by atoms with Crippen molar-refractivity contribution in [3.05, 3.63) is 29.8 Å². The van der Waals surface area contributed by atoms with E-state index in [2.05, 4.69) is 5.32 Å². The molecule has 0 aliphatic heterocycles. The number of phenolic OH excluding ortho intramolecular Hbond substituents is 1. The molecular weight excluding hydrogens is 242 g/mol. The first-order valence-corrected chi connectivity index (χ1v) is 5.82. The molecule has 0 aromatic heterocycles. The summed E-state index contributed by atoms with van der Waals surface area (Å²) in [4.78, 5) is 11.7. The van der Waals surface area contributed by atoms with Crippen molar-refractivity contribution in [1.29, 1.82) is 0 Å². The monoisotopic (exact) mass is 257 g/mol. The van der Waals surface area contributed by atoms with Crippen molar-refractivity contribution in [3.8, 4) is 5.75 Å². The van der Waals surface area contributed by atoms with Crippen LogP contribution in [0.5, 0.6) is 5.75 Å². The van der Waals surface area contributed by atoms with Gasteiger partial charge in [0.2, 0.25) is 5.91 Å². The lowest BCUT2D eigenvalue weighted by atomic mass is 10.1. The lowest BCUT2D eigenvalue weighted by molar-refractivity contribution is -0.121. The van der Waals surface area contributed by atoms with Gasteiger partial charge in [0.15, 0.2) is 0 Å². The first-order chi connectivity index (χ1) is 8.17. The number of carbonyl (C=O) groups excluding carboxylic acids is 1. The van der Waals surface area contributed by atoms with Crippen molar-refractivity contribution in [1.82, 2.24) is 5.32 Å². The number of ether oxygens (including phenoxy) is 1. The van der Waals surface area contributed by atoms with Crippen LogP contribution in [0.4, 0.5) is 0 Å². The van der Waals surface area contributed by atoms with Crippen molar-refractivity contribution in [3.63, 3.8) is 0 Å². The Balaban J connectivity index is 2.52. The minimum atomic E-state index is -0.208. The number of aromatic hydroxyl groups is 1. The Bertz CT molecular complexity index is 371. The lowest BCUT2D eigenvalue weighted by Gasteiger charge is -2.15. The standard InChI is InChI=1S/C12H16ClNO3/c1-17-8-10(7-13)14-12(16)6-9-4-2-3-5-11(9)15/h2-5,10,15H,6-8H2,1H3,(H,14,16). The molecule has 0 saturated heterocycles. The second kappa shape index (κ2) is 7.14. The molecule has 1 atom stereocenters. The minimum Gasteiger partial charge on any atom is -0.508 e. The highest BCUT2D eigenvalue weighted by Crippen LogP contribution is 2.15. The lowest BCUT2D eigenvalue weighted by Crippen LogP contribution is -2.40. The van der Waals surface area contributed by atoms with Crippen molar-refractivity contribution in [2.75, 3.05) is 19.6 Å². The van der Waals surface area contributed by atoms with Crippen molar-refractivity contribution < 1.29 is 14.6 Å². The maximum atomic E-state index is 11.7. The predicted molar refractivity (Wildman–Crippen MR) is 66.3 cm³/mol. The summed E-state index contributed by atoms with van der Waals surface area (Å²) in [5, 5.41) is 12.3. The van der Waals surface area contributed by atoms with Gasteiger partial charge in [-0.15, -0.1) is 11.6 Å². The number of halogens is 1. The summed E-state index contributed by atoms with van der Waals surface area (Å²) in [6, 6.07) is 6.54. The Kier molecular flexibility index (Phi) is 5.80. The number of alkyl halides is 1. The van der Waals surface area contributed by atoms with Crippen LogP contribution in [-0.4, -0.2) is 36.7 Å². The molecule has 94 valence electrons. The summed E-state index contributed by atoms with van der Waals surface area (Å²) in [5.74, 6) is 0.228. The number of para-hydroxylation sites is 1. The van der Waals surface area contributed by atoms with Crippen LogP contribution in [0.3, 0.4) is 0 Å². The average Bonchev–Trinajstić information content (AvgIpc) is 2.31. The fourth-order valence-electron chi connectivity index (χ4n) is 1.44. The van der Waals surface area contributed by atoms with Gasteiger partial charge in [-0.1, -0.05) is 18.2 Å². The molecule has 1 aromatic rings. The number of phenols is 1. The van der Waals surface area contributed by atoms with E-state index in [-0.39, 0.29) is 24.1 Å². The molecule has 0 spiro atoms. The third-order valence-electron chi connectivity index (χ3n) is 2.26. The molecular formula is C12H16ClNO3. The number of hydrogen-bond acceptors (Lipinski definition) is 3. The van der Waals surface area contributed by atoms with Gasteiger partial charge < -0.3 is 15.2 Å². The van der Waals surface area contributed by atoms with E-state index in [1.54, 1.807) is 31.4 Å². The van der Waals surface area contributed by atoms with E-state index in [1.165, 1.54) is 0 Å². The molecule has 4 nitrogen and oxygen atoms in total. The number of amides is 1. The number of carbonyl (C=O) groups is 1. The zero-order valence-corrected chi connectivity index (χ0v) is 10.4. The molecule has 0 heterocycles. The van der Waals surface area contributed by atoms with Crippen LogP contribution in [0.25, 0.3) is 0 Å². The maximum absolute atomic E-state index is 11.7. The van der Waals surface area contributed by atoms with Crippen molar-refractivity contribution >= 4 is 17.5 Å². The van der Waals surface area contributed by atoms with Gasteiger partial charge in [0.1, 0.15) is 5.75 Å². The van der Waals surface area contributed by atoms with Gasteiger partial charge in [-0.2, -0.15) is 0 Å². The first-order valence-electron chi connectivity index (χ1n) is 5.28. The Morgan fingerprint density at radius 3 is 2.82 bits per heavy atom. The average molecular weight is 258 g/mol. The van der Waals surface area contributed by atoms with Crippen molar-refractivity contribution in [2.45, 2.75) is 12.5 Å². The molecule has 0 bridgehead atoms. The third kappa shape index (κ3) is 4.63. The molecule has 0 aliphatic carbocycles. The second-order valence-corrected chi connectivity index (χ2v) is 3.99. The summed E-state index contributed by atoms with van der Waals surface area (Å²) < 4.78 is 4.92. The minimum absolute atomic E-state index is 0.122. The Morgan fingerprint density at radius 1 is 1.53 bits per heavy atom. The van der Waals surface area contributed by atoms with E-state index < -0.39 is 0 Å². The fraction of sp³-hybridized carbons (Fsp3) is 0.417. The van der Waals surface area contributed by atoms with Crippen LogP contribution in [0, 0.1) is 0 Å². The summed E-state index contributed by atoms with van der Waals surface area (Å²) in [6.07, 6.45) is 0.129. The van der Waals surface area contributed by atoms with E-state index in [4.69, 9.17) is 16.3 Å². The molecule has 1 rings (SSSR count). The normalized spacial score (nSPS) is 12.1. The predicted octanol–water partition coefficient (Wildman–Crippen LogP) is 1.30. The maximum Gasteiger partial charge on any atom is 0.224 e. The van der Waals surface area contributed by atoms with Crippen LogP contribution >= 0.6 is 11.6 Å². The van der Waals surface area contributed by atoms with Gasteiger partial charge in [0, 0.05) is 18.6 Å². The number of benzene rings is 1. The SMILES string of the molecule is COCC(CCl)NC(=O)Cc1ccccc1O. The van der Waals surface area contributed by atoms with Gasteiger partial charge in [0.05, 0.1) is 19.1 Å². The van der Waals surface area contributed by atoms with E-state index in [0.29, 0.717) is 18.1 Å². The highest BCUT2D eigenvalue weighted by molar-refractivity contribution is 6.18. The van der Waals surface area contributed by atoms with E-state index in [0.717, 1.165) is 0 Å². The van der Waals surface area contributed by atoms with Crippen molar-refractivity contribution in [2.24, 2.45) is 0 Å². The smallest absolute Gasteiger partial charge is 0.224 e. The number of rotatable bonds is 6. The molecule has 5 heteroatoms. The molecule has 1 amide bonds. The summed E-state index contributed by atoms with van der Waals surface area (Å²) in [5.41, 5.74) is 0.593. The molecule has 17 heavy (non-hydrogen) atoms. The molecule has 0 saturated carbocycles. The Labute approximate surface area is 106 Å². The third-order valence-corrected chi connectivity index (χ3v) is 2.63. The zero-order valence-electron chi connectivity index (χ0n) is 9.65. The van der Waals surface area contributed by atoms with E-state index in [9.17, 15) is 9.90 Å². The molecule has 0 aliphatic rings. The van der Waals surface area contributed by atoms with Gasteiger partial charge >= 0.3 is 0 Å². The zero-order chi connectivity index (χ0) is 12.7. The summed E-state index contributed by atoms with van der Waals surface area (Å²) in [6.45, 7) is 0.371. The Morgan fingerprint density at radius 2 is 2.24 bits per heavy atom. The first kappa shape index (κ1) is 13.8. The summed E-state index contributed by atoms with van der Waals surface area (Å²) >= 11 is 5.68. The second-order valence-electron chi connectivity index (χ2n) is 3.68. The van der Waals surface area contributed by atoms with Gasteiger partial charge in [-0.3, -0.25) is 4.79 Å². The number of nitrogens with one attached hydrogen (secondary N) is 1. The van der Waals surface area contributed by atoms with Crippen LogP contribution in [0.1, 0.15) is 5.56 Å². The van der Waals surface area contributed by atoms with Gasteiger partial charge in [-0.25, -0.2) is 0 Å². The van der Waals surface area contributed by atoms with E-state index in [1.807, 2.05) is 0 Å².